The summed E-state index contributed by atoms with van der Waals surface area (Å²) < 4.78 is 31.5. The van der Waals surface area contributed by atoms with Gasteiger partial charge in [-0.25, -0.2) is 8.42 Å². The van der Waals surface area contributed by atoms with Crippen LogP contribution in [-0.4, -0.2) is 32.9 Å². The minimum Gasteiger partial charge on any atom is -0.495 e. The van der Waals surface area contributed by atoms with Gasteiger partial charge in [0.15, 0.2) is 0 Å². The molecule has 18 heavy (non-hydrogen) atoms. The normalized spacial score (nSPS) is 16.0. The smallest absolute Gasteiger partial charge is 0.246 e. The van der Waals surface area contributed by atoms with Crippen molar-refractivity contribution < 1.29 is 13.2 Å². The second kappa shape index (κ2) is 4.44. The van der Waals surface area contributed by atoms with Crippen LogP contribution in [0.5, 0.6) is 5.75 Å². The first kappa shape index (κ1) is 13.2. The Balaban J connectivity index is 2.52. The van der Waals surface area contributed by atoms with Crippen molar-refractivity contribution in [2.75, 3.05) is 19.9 Å². The van der Waals surface area contributed by atoms with Crippen LogP contribution in [0.1, 0.15) is 18.4 Å². The Morgan fingerprint density at radius 2 is 2.00 bits per heavy atom. The van der Waals surface area contributed by atoms with Crippen LogP contribution < -0.4 is 10.5 Å². The summed E-state index contributed by atoms with van der Waals surface area (Å²) in [6.07, 6.45) is 1.83. The molecule has 2 N–H and O–H groups in total. The Hall–Kier alpha value is -1.27. The average Bonchev–Trinajstić information content (AvgIpc) is 3.14. The first-order valence-corrected chi connectivity index (χ1v) is 7.24. The zero-order valence-corrected chi connectivity index (χ0v) is 11.6. The summed E-state index contributed by atoms with van der Waals surface area (Å²) in [6.45, 7) is 1.82. The number of anilines is 1. The molecule has 0 saturated heterocycles. The topological polar surface area (TPSA) is 72.6 Å². The van der Waals surface area contributed by atoms with E-state index in [2.05, 4.69) is 0 Å². The molecule has 1 aliphatic carbocycles. The summed E-state index contributed by atoms with van der Waals surface area (Å²) >= 11 is 0. The number of sulfonamides is 1. The Labute approximate surface area is 108 Å². The first-order valence-electron chi connectivity index (χ1n) is 5.80. The molecule has 0 radical (unpaired) electrons. The highest BCUT2D eigenvalue weighted by Gasteiger charge is 2.36. The molecule has 0 spiro atoms. The van der Waals surface area contributed by atoms with Crippen LogP contribution >= 0.6 is 0 Å². The van der Waals surface area contributed by atoms with Crippen molar-refractivity contribution in [1.82, 2.24) is 4.31 Å². The fourth-order valence-electron chi connectivity index (χ4n) is 1.83. The van der Waals surface area contributed by atoms with Crippen molar-refractivity contribution in [2.45, 2.75) is 30.7 Å². The summed E-state index contributed by atoms with van der Waals surface area (Å²) in [5.74, 6) is 0.342. The number of aryl methyl sites for hydroxylation is 1. The molecular weight excluding hydrogens is 252 g/mol. The number of rotatable bonds is 4. The molecule has 0 unspecified atom stereocenters. The van der Waals surface area contributed by atoms with Crippen molar-refractivity contribution in [3.8, 4) is 5.75 Å². The molecular formula is C12H18N2O3S. The lowest BCUT2D eigenvalue weighted by Crippen LogP contribution is -2.29. The zero-order valence-electron chi connectivity index (χ0n) is 10.8. The molecule has 1 aliphatic rings. The third kappa shape index (κ3) is 2.18. The number of nitrogen functional groups attached to an aromatic ring is 1. The third-order valence-corrected chi connectivity index (χ3v) is 5.20. The summed E-state index contributed by atoms with van der Waals surface area (Å²) in [6, 6.07) is 3.24. The van der Waals surface area contributed by atoms with Crippen molar-refractivity contribution in [2.24, 2.45) is 0 Å². The second-order valence-electron chi connectivity index (χ2n) is 4.61. The molecule has 5 nitrogen and oxygen atoms in total. The van der Waals surface area contributed by atoms with Crippen LogP contribution in [0.4, 0.5) is 5.69 Å². The fraction of sp³-hybridized carbons (Fsp3) is 0.500. The van der Waals surface area contributed by atoms with Gasteiger partial charge in [0.1, 0.15) is 10.6 Å². The minimum absolute atomic E-state index is 0.113. The third-order valence-electron chi connectivity index (χ3n) is 3.27. The van der Waals surface area contributed by atoms with E-state index in [1.54, 1.807) is 13.1 Å². The Bertz CT molecular complexity index is 565. The SMILES string of the molecule is COc1cc(C)c(N)cc1S(=O)(=O)N(C)C1CC1. The minimum atomic E-state index is -3.53. The van der Waals surface area contributed by atoms with E-state index in [0.29, 0.717) is 11.4 Å². The van der Waals surface area contributed by atoms with Gasteiger partial charge in [0.05, 0.1) is 7.11 Å². The summed E-state index contributed by atoms with van der Waals surface area (Å²) in [4.78, 5) is 0.141. The van der Waals surface area contributed by atoms with Gasteiger partial charge in [0.25, 0.3) is 0 Å². The van der Waals surface area contributed by atoms with E-state index in [4.69, 9.17) is 10.5 Å². The van der Waals surface area contributed by atoms with E-state index in [1.165, 1.54) is 17.5 Å². The lowest BCUT2D eigenvalue weighted by atomic mass is 10.2. The molecule has 1 aromatic carbocycles. The molecule has 1 saturated carbocycles. The predicted octanol–water partition coefficient (Wildman–Crippen LogP) is 1.37. The number of methoxy groups -OCH3 is 1. The largest absolute Gasteiger partial charge is 0.495 e. The van der Waals surface area contributed by atoms with Gasteiger partial charge in [-0.1, -0.05) is 0 Å². The van der Waals surface area contributed by atoms with E-state index < -0.39 is 10.0 Å². The molecule has 0 bridgehead atoms. The highest BCUT2D eigenvalue weighted by Crippen LogP contribution is 2.35. The molecule has 0 atom stereocenters. The molecule has 0 aromatic heterocycles. The molecule has 100 valence electrons. The number of benzene rings is 1. The summed E-state index contributed by atoms with van der Waals surface area (Å²) in [5.41, 5.74) is 7.06. The van der Waals surface area contributed by atoms with Gasteiger partial charge in [-0.3, -0.25) is 0 Å². The monoisotopic (exact) mass is 270 g/mol. The molecule has 6 heteroatoms. The van der Waals surface area contributed by atoms with Gasteiger partial charge < -0.3 is 10.5 Å². The number of nitrogens with zero attached hydrogens (tertiary/aromatic N) is 1. The Morgan fingerprint density at radius 1 is 1.39 bits per heavy atom. The Kier molecular flexibility index (Phi) is 3.25. The number of nitrogens with two attached hydrogens (primary N) is 1. The first-order chi connectivity index (χ1) is 8.37. The Morgan fingerprint density at radius 3 is 2.50 bits per heavy atom. The second-order valence-corrected chi connectivity index (χ2v) is 6.58. The van der Waals surface area contributed by atoms with Crippen molar-refractivity contribution >= 4 is 15.7 Å². The van der Waals surface area contributed by atoms with Gasteiger partial charge in [0, 0.05) is 18.8 Å². The van der Waals surface area contributed by atoms with E-state index in [9.17, 15) is 8.42 Å². The van der Waals surface area contributed by atoms with Crippen LogP contribution in [0, 0.1) is 6.92 Å². The quantitative estimate of drug-likeness (QED) is 0.839. The van der Waals surface area contributed by atoms with E-state index >= 15 is 0 Å². The maximum Gasteiger partial charge on any atom is 0.246 e. The molecule has 0 heterocycles. The van der Waals surface area contributed by atoms with Crippen LogP contribution in [-0.2, 0) is 10.0 Å². The average molecular weight is 270 g/mol. The van der Waals surface area contributed by atoms with E-state index in [1.807, 2.05) is 6.92 Å². The van der Waals surface area contributed by atoms with Gasteiger partial charge in [-0.15, -0.1) is 0 Å². The predicted molar refractivity (Wildman–Crippen MR) is 70.1 cm³/mol. The highest BCUT2D eigenvalue weighted by atomic mass is 32.2. The maximum atomic E-state index is 12.4. The van der Waals surface area contributed by atoms with Crippen molar-refractivity contribution in [3.05, 3.63) is 17.7 Å². The number of hydrogen-bond donors (Lipinski definition) is 1. The molecule has 0 aliphatic heterocycles. The number of ether oxygens (including phenoxy) is 1. The van der Waals surface area contributed by atoms with Gasteiger partial charge in [0.2, 0.25) is 10.0 Å². The molecule has 1 aromatic rings. The van der Waals surface area contributed by atoms with Crippen LogP contribution in [0.25, 0.3) is 0 Å². The lowest BCUT2D eigenvalue weighted by Gasteiger charge is -2.19. The molecule has 2 rings (SSSR count). The zero-order chi connectivity index (χ0) is 13.5. The fourth-order valence-corrected chi connectivity index (χ4v) is 3.41. The van der Waals surface area contributed by atoms with E-state index in [-0.39, 0.29) is 10.9 Å². The van der Waals surface area contributed by atoms with Gasteiger partial charge >= 0.3 is 0 Å². The van der Waals surface area contributed by atoms with Crippen LogP contribution in [0.2, 0.25) is 0 Å². The van der Waals surface area contributed by atoms with E-state index in [0.717, 1.165) is 18.4 Å². The molecule has 0 amide bonds. The number of hydrogen-bond acceptors (Lipinski definition) is 4. The summed E-state index contributed by atoms with van der Waals surface area (Å²) in [7, 11) is -0.470. The lowest BCUT2D eigenvalue weighted by molar-refractivity contribution is 0.397. The van der Waals surface area contributed by atoms with Crippen molar-refractivity contribution in [1.29, 1.82) is 0 Å². The summed E-state index contributed by atoms with van der Waals surface area (Å²) in [5, 5.41) is 0. The molecule has 1 fully saturated rings. The van der Waals surface area contributed by atoms with Crippen LogP contribution in [0.15, 0.2) is 17.0 Å². The van der Waals surface area contributed by atoms with Crippen molar-refractivity contribution in [3.63, 3.8) is 0 Å². The standard InChI is InChI=1S/C12H18N2O3S/c1-8-6-11(17-3)12(7-10(8)13)18(15,16)14(2)9-4-5-9/h6-7,9H,4-5,13H2,1-3H3. The van der Waals surface area contributed by atoms with Crippen LogP contribution in [0.3, 0.4) is 0 Å². The maximum absolute atomic E-state index is 12.4. The van der Waals surface area contributed by atoms with Gasteiger partial charge in [-0.05, 0) is 37.5 Å². The highest BCUT2D eigenvalue weighted by molar-refractivity contribution is 7.89. The van der Waals surface area contributed by atoms with Gasteiger partial charge in [-0.2, -0.15) is 4.31 Å².